The van der Waals surface area contributed by atoms with E-state index in [-0.39, 0.29) is 6.61 Å². The van der Waals surface area contributed by atoms with Crippen LogP contribution in [0.2, 0.25) is 0 Å². The van der Waals surface area contributed by atoms with Crippen molar-refractivity contribution in [1.29, 1.82) is 0 Å². The quantitative estimate of drug-likeness (QED) is 0.654. The van der Waals surface area contributed by atoms with E-state index in [2.05, 4.69) is 5.32 Å². The maximum absolute atomic E-state index is 13.8. The van der Waals surface area contributed by atoms with E-state index in [0.29, 0.717) is 11.4 Å². The lowest BCUT2D eigenvalue weighted by Gasteiger charge is -2.32. The third-order valence-electron chi connectivity index (χ3n) is 4.93. The minimum atomic E-state index is -0.920. The third kappa shape index (κ3) is 3.69. The van der Waals surface area contributed by atoms with Crippen LogP contribution in [0, 0.1) is 11.6 Å². The van der Waals surface area contributed by atoms with Gasteiger partial charge in [-0.3, -0.25) is 4.79 Å². The fourth-order valence-corrected chi connectivity index (χ4v) is 3.40. The summed E-state index contributed by atoms with van der Waals surface area (Å²) in [7, 11) is 0. The summed E-state index contributed by atoms with van der Waals surface area (Å²) in [5.74, 6) is -2.03. The standard InChI is InChI=1S/C24H19F2NO3/c1-24(14-28)13-18(17-5-2-3-8-21(17)30-24)15-9-11-16(12-10-15)27-23(29)22-19(25)6-4-7-20(22)26/h2-13,28H,14H2,1H3,(H,27,29). The molecule has 152 valence electrons. The molecule has 1 heterocycles. The number of aliphatic hydroxyl groups is 1. The van der Waals surface area contributed by atoms with Gasteiger partial charge in [-0.05, 0) is 54.5 Å². The Hall–Kier alpha value is -3.51. The molecule has 0 aliphatic carbocycles. The molecule has 1 aliphatic heterocycles. The Morgan fingerprint density at radius 2 is 1.67 bits per heavy atom. The Labute approximate surface area is 172 Å². The number of fused-ring (bicyclic) bond motifs is 1. The topological polar surface area (TPSA) is 58.6 Å². The molecule has 4 rings (SSSR count). The maximum Gasteiger partial charge on any atom is 0.261 e. The monoisotopic (exact) mass is 407 g/mol. The number of benzene rings is 3. The second-order valence-electron chi connectivity index (χ2n) is 7.26. The lowest BCUT2D eigenvalue weighted by Crippen LogP contribution is -2.37. The molecule has 1 aliphatic rings. The Bertz CT molecular complexity index is 1120. The van der Waals surface area contributed by atoms with Crippen LogP contribution in [0.5, 0.6) is 5.75 Å². The van der Waals surface area contributed by atoms with Crippen molar-refractivity contribution in [1.82, 2.24) is 0 Å². The average molecular weight is 407 g/mol. The number of amides is 1. The summed E-state index contributed by atoms with van der Waals surface area (Å²) in [6.07, 6.45) is 1.86. The molecule has 3 aromatic carbocycles. The largest absolute Gasteiger partial charge is 0.480 e. The number of para-hydroxylation sites is 1. The fourth-order valence-electron chi connectivity index (χ4n) is 3.40. The molecule has 0 radical (unpaired) electrons. The second kappa shape index (κ2) is 7.72. The highest BCUT2D eigenvalue weighted by Gasteiger charge is 2.30. The van der Waals surface area contributed by atoms with Crippen molar-refractivity contribution >= 4 is 17.2 Å². The molecule has 1 amide bonds. The van der Waals surface area contributed by atoms with E-state index >= 15 is 0 Å². The number of nitrogens with one attached hydrogen (secondary N) is 1. The molecule has 6 heteroatoms. The molecule has 0 bridgehead atoms. The molecule has 0 saturated heterocycles. The lowest BCUT2D eigenvalue weighted by atomic mass is 9.89. The van der Waals surface area contributed by atoms with Crippen LogP contribution in [0.15, 0.2) is 72.8 Å². The zero-order valence-electron chi connectivity index (χ0n) is 16.2. The molecular weight excluding hydrogens is 388 g/mol. The van der Waals surface area contributed by atoms with Crippen molar-refractivity contribution in [3.63, 3.8) is 0 Å². The molecule has 1 atom stereocenters. The van der Waals surface area contributed by atoms with Crippen molar-refractivity contribution < 1.29 is 23.4 Å². The van der Waals surface area contributed by atoms with Gasteiger partial charge in [-0.2, -0.15) is 0 Å². The first kappa shape index (κ1) is 19.8. The highest BCUT2D eigenvalue weighted by molar-refractivity contribution is 6.04. The fraction of sp³-hybridized carbons (Fsp3) is 0.125. The van der Waals surface area contributed by atoms with Crippen molar-refractivity contribution in [2.24, 2.45) is 0 Å². The minimum absolute atomic E-state index is 0.187. The van der Waals surface area contributed by atoms with Crippen LogP contribution in [-0.2, 0) is 0 Å². The van der Waals surface area contributed by atoms with Crippen LogP contribution in [0.1, 0.15) is 28.4 Å². The number of aliphatic hydroxyl groups excluding tert-OH is 1. The van der Waals surface area contributed by atoms with Gasteiger partial charge in [0, 0.05) is 11.3 Å². The Morgan fingerprint density at radius 3 is 2.33 bits per heavy atom. The average Bonchev–Trinajstić information content (AvgIpc) is 2.73. The minimum Gasteiger partial charge on any atom is -0.480 e. The molecule has 3 aromatic rings. The van der Waals surface area contributed by atoms with Crippen LogP contribution in [0.25, 0.3) is 5.57 Å². The predicted molar refractivity (Wildman–Crippen MR) is 110 cm³/mol. The highest BCUT2D eigenvalue weighted by Crippen LogP contribution is 2.39. The first-order valence-electron chi connectivity index (χ1n) is 9.38. The van der Waals surface area contributed by atoms with E-state index in [9.17, 15) is 18.7 Å². The van der Waals surface area contributed by atoms with E-state index < -0.39 is 28.7 Å². The third-order valence-corrected chi connectivity index (χ3v) is 4.93. The summed E-state index contributed by atoms with van der Waals surface area (Å²) in [5.41, 5.74) is 1.53. The lowest BCUT2D eigenvalue weighted by molar-refractivity contribution is 0.0636. The van der Waals surface area contributed by atoms with Crippen LogP contribution in [0.3, 0.4) is 0 Å². The van der Waals surface area contributed by atoms with Crippen LogP contribution < -0.4 is 10.1 Å². The van der Waals surface area contributed by atoms with E-state index in [1.54, 1.807) is 31.2 Å². The van der Waals surface area contributed by atoms with Gasteiger partial charge in [0.25, 0.3) is 5.91 Å². The van der Waals surface area contributed by atoms with Crippen molar-refractivity contribution in [3.05, 3.63) is 101 Å². The molecule has 0 spiro atoms. The Morgan fingerprint density at radius 1 is 1.00 bits per heavy atom. The molecule has 4 nitrogen and oxygen atoms in total. The summed E-state index contributed by atoms with van der Waals surface area (Å²) in [4.78, 5) is 12.3. The van der Waals surface area contributed by atoms with Crippen molar-refractivity contribution in [3.8, 4) is 5.75 Å². The van der Waals surface area contributed by atoms with Gasteiger partial charge in [0.2, 0.25) is 0 Å². The first-order chi connectivity index (χ1) is 14.4. The van der Waals surface area contributed by atoms with Gasteiger partial charge in [-0.1, -0.05) is 36.4 Å². The van der Waals surface area contributed by atoms with E-state index in [1.807, 2.05) is 30.3 Å². The number of anilines is 1. The highest BCUT2D eigenvalue weighted by atomic mass is 19.1. The van der Waals surface area contributed by atoms with E-state index in [0.717, 1.165) is 28.8 Å². The number of halogens is 2. The van der Waals surface area contributed by atoms with E-state index in [4.69, 9.17) is 4.74 Å². The Balaban J connectivity index is 1.63. The number of hydrogen-bond acceptors (Lipinski definition) is 3. The number of rotatable bonds is 4. The SMILES string of the molecule is CC1(CO)C=C(c2ccc(NC(=O)c3c(F)cccc3F)cc2)c2ccccc2O1. The van der Waals surface area contributed by atoms with Gasteiger partial charge in [0.1, 0.15) is 28.5 Å². The van der Waals surface area contributed by atoms with Gasteiger partial charge in [-0.15, -0.1) is 0 Å². The summed E-state index contributed by atoms with van der Waals surface area (Å²) >= 11 is 0. The molecule has 30 heavy (non-hydrogen) atoms. The van der Waals surface area contributed by atoms with Crippen molar-refractivity contribution in [2.45, 2.75) is 12.5 Å². The number of hydrogen-bond donors (Lipinski definition) is 2. The summed E-state index contributed by atoms with van der Waals surface area (Å²) in [5, 5.41) is 12.3. The predicted octanol–water partition coefficient (Wildman–Crippen LogP) is 4.79. The molecule has 0 saturated carbocycles. The number of carbonyl (C=O) groups excluding carboxylic acids is 1. The van der Waals surface area contributed by atoms with Gasteiger partial charge in [0.15, 0.2) is 0 Å². The van der Waals surface area contributed by atoms with Gasteiger partial charge in [0.05, 0.1) is 6.61 Å². The summed E-state index contributed by atoms with van der Waals surface area (Å²) < 4.78 is 33.5. The zero-order chi connectivity index (χ0) is 21.3. The van der Waals surface area contributed by atoms with Gasteiger partial charge < -0.3 is 15.2 Å². The molecule has 2 N–H and O–H groups in total. The van der Waals surface area contributed by atoms with Crippen LogP contribution in [0.4, 0.5) is 14.5 Å². The summed E-state index contributed by atoms with van der Waals surface area (Å²) in [6.45, 7) is 1.60. The van der Waals surface area contributed by atoms with Gasteiger partial charge >= 0.3 is 0 Å². The van der Waals surface area contributed by atoms with E-state index in [1.165, 1.54) is 6.07 Å². The maximum atomic E-state index is 13.8. The Kier molecular flexibility index (Phi) is 5.10. The normalized spacial score (nSPS) is 17.5. The van der Waals surface area contributed by atoms with Crippen LogP contribution in [-0.4, -0.2) is 23.2 Å². The first-order valence-corrected chi connectivity index (χ1v) is 9.38. The summed E-state index contributed by atoms with van der Waals surface area (Å²) in [6, 6.07) is 17.7. The van der Waals surface area contributed by atoms with Gasteiger partial charge in [-0.25, -0.2) is 8.78 Å². The van der Waals surface area contributed by atoms with Crippen LogP contribution >= 0.6 is 0 Å². The molecular formula is C24H19F2NO3. The second-order valence-corrected chi connectivity index (χ2v) is 7.26. The smallest absolute Gasteiger partial charge is 0.261 e. The number of carbonyl (C=O) groups is 1. The molecule has 1 unspecified atom stereocenters. The zero-order valence-corrected chi connectivity index (χ0v) is 16.2. The number of ether oxygens (including phenoxy) is 1. The molecule has 0 aromatic heterocycles. The molecule has 0 fully saturated rings. The van der Waals surface area contributed by atoms with Crippen molar-refractivity contribution in [2.75, 3.05) is 11.9 Å².